The van der Waals surface area contributed by atoms with Crippen LogP contribution in [0, 0.1) is 10.8 Å². The number of hydrogen-bond acceptors (Lipinski definition) is 1. The van der Waals surface area contributed by atoms with Crippen LogP contribution in [-0.2, 0) is 0 Å². The highest BCUT2D eigenvalue weighted by Crippen LogP contribution is 2.48. The lowest BCUT2D eigenvalue weighted by atomic mass is 9.69. The van der Waals surface area contributed by atoms with Crippen LogP contribution in [0.25, 0.3) is 5.57 Å². The average Bonchev–Trinajstić information content (AvgIpc) is 2.37. The molecule has 1 aliphatic rings. The molecule has 0 bridgehead atoms. The van der Waals surface area contributed by atoms with Crippen LogP contribution in [0.1, 0.15) is 60.5 Å². The van der Waals surface area contributed by atoms with E-state index in [1.807, 2.05) is 0 Å². The summed E-state index contributed by atoms with van der Waals surface area (Å²) in [6, 6.07) is 8.42. The molecule has 0 aromatic heterocycles. The zero-order valence-corrected chi connectivity index (χ0v) is 14.0. The van der Waals surface area contributed by atoms with Gasteiger partial charge in [-0.3, -0.25) is 0 Å². The van der Waals surface area contributed by atoms with Gasteiger partial charge < -0.3 is 4.74 Å². The predicted octanol–water partition coefficient (Wildman–Crippen LogP) is 5.70. The first-order valence-electron chi connectivity index (χ1n) is 7.66. The summed E-state index contributed by atoms with van der Waals surface area (Å²) >= 11 is 0. The number of para-hydroxylation sites is 1. The van der Waals surface area contributed by atoms with Gasteiger partial charge in [-0.2, -0.15) is 0 Å². The predicted molar refractivity (Wildman–Crippen MR) is 87.0 cm³/mol. The Hall–Kier alpha value is -1.24. The van der Waals surface area contributed by atoms with Crippen molar-refractivity contribution in [1.29, 1.82) is 0 Å². The Morgan fingerprint density at radius 2 is 1.65 bits per heavy atom. The molecule has 0 saturated heterocycles. The van der Waals surface area contributed by atoms with Crippen LogP contribution in [-0.4, -0.2) is 6.10 Å². The Kier molecular flexibility index (Phi) is 3.75. The molecule has 2 rings (SSSR count). The van der Waals surface area contributed by atoms with Crippen molar-refractivity contribution in [3.05, 3.63) is 35.4 Å². The van der Waals surface area contributed by atoms with E-state index < -0.39 is 0 Å². The largest absolute Gasteiger partial charge is 0.485 e. The quantitative estimate of drug-likeness (QED) is 0.670. The summed E-state index contributed by atoms with van der Waals surface area (Å²) in [5.41, 5.74) is 4.35. The molecule has 1 aromatic carbocycles. The maximum absolute atomic E-state index is 6.44. The summed E-state index contributed by atoms with van der Waals surface area (Å²) in [6.45, 7) is 16.0. The van der Waals surface area contributed by atoms with Crippen molar-refractivity contribution in [2.75, 3.05) is 0 Å². The van der Waals surface area contributed by atoms with Crippen molar-refractivity contribution in [3.8, 4) is 5.75 Å². The summed E-state index contributed by atoms with van der Waals surface area (Å²) in [4.78, 5) is 0. The van der Waals surface area contributed by atoms with E-state index >= 15 is 0 Å². The average molecular weight is 272 g/mol. The third-order valence-electron chi connectivity index (χ3n) is 4.63. The van der Waals surface area contributed by atoms with Gasteiger partial charge in [0.2, 0.25) is 0 Å². The van der Waals surface area contributed by atoms with E-state index in [4.69, 9.17) is 4.74 Å². The van der Waals surface area contributed by atoms with Gasteiger partial charge in [0.25, 0.3) is 0 Å². The van der Waals surface area contributed by atoms with Crippen molar-refractivity contribution in [2.24, 2.45) is 10.8 Å². The Labute approximate surface area is 124 Å². The number of allylic oxidation sites excluding steroid dienone is 1. The molecule has 0 spiro atoms. The van der Waals surface area contributed by atoms with E-state index in [1.54, 1.807) is 0 Å². The van der Waals surface area contributed by atoms with Gasteiger partial charge in [0, 0.05) is 11.0 Å². The smallest absolute Gasteiger partial charge is 0.127 e. The molecule has 0 saturated carbocycles. The molecule has 0 aliphatic carbocycles. The summed E-state index contributed by atoms with van der Waals surface area (Å²) < 4.78 is 6.44. The topological polar surface area (TPSA) is 9.23 Å². The van der Waals surface area contributed by atoms with Crippen molar-refractivity contribution in [1.82, 2.24) is 0 Å². The summed E-state index contributed by atoms with van der Waals surface area (Å²) in [5.74, 6) is 1.03. The van der Waals surface area contributed by atoms with Gasteiger partial charge in [-0.15, -0.1) is 0 Å². The third-order valence-corrected chi connectivity index (χ3v) is 4.63. The second-order valence-corrected chi connectivity index (χ2v) is 7.62. The van der Waals surface area contributed by atoms with E-state index in [2.05, 4.69) is 72.7 Å². The molecule has 1 heterocycles. The molecule has 1 heteroatoms. The van der Waals surface area contributed by atoms with Crippen LogP contribution < -0.4 is 4.74 Å². The van der Waals surface area contributed by atoms with Gasteiger partial charge in [-0.1, -0.05) is 59.7 Å². The highest BCUT2D eigenvalue weighted by Gasteiger charge is 2.41. The minimum absolute atomic E-state index is 0.120. The molecule has 0 N–H and O–H groups in total. The first-order valence-corrected chi connectivity index (χ1v) is 7.66. The fourth-order valence-electron chi connectivity index (χ4n) is 3.10. The van der Waals surface area contributed by atoms with Gasteiger partial charge in [-0.25, -0.2) is 0 Å². The Morgan fingerprint density at radius 1 is 1.05 bits per heavy atom. The lowest BCUT2D eigenvalue weighted by molar-refractivity contribution is 0.0807. The SMILES string of the molecule is CCC(C)(C)C1Oc2ccccc2C(C)=C1C(C)(C)C. The zero-order chi connectivity index (χ0) is 15.1. The van der Waals surface area contributed by atoms with Gasteiger partial charge in [0.05, 0.1) is 0 Å². The number of ether oxygens (including phenoxy) is 1. The molecule has 1 atom stereocenters. The second-order valence-electron chi connectivity index (χ2n) is 7.62. The number of rotatable bonds is 2. The summed E-state index contributed by atoms with van der Waals surface area (Å²) in [6.07, 6.45) is 1.26. The van der Waals surface area contributed by atoms with Crippen LogP contribution >= 0.6 is 0 Å². The van der Waals surface area contributed by atoms with Crippen LogP contribution in [0.15, 0.2) is 29.8 Å². The fourth-order valence-corrected chi connectivity index (χ4v) is 3.10. The van der Waals surface area contributed by atoms with E-state index in [1.165, 1.54) is 16.7 Å². The van der Waals surface area contributed by atoms with E-state index in [0.717, 1.165) is 12.2 Å². The van der Waals surface area contributed by atoms with Crippen LogP contribution in [0.4, 0.5) is 0 Å². The van der Waals surface area contributed by atoms with Crippen molar-refractivity contribution >= 4 is 5.57 Å². The van der Waals surface area contributed by atoms with Gasteiger partial charge in [-0.05, 0) is 36.0 Å². The highest BCUT2D eigenvalue weighted by atomic mass is 16.5. The molecule has 1 nitrogen and oxygen atoms in total. The molecule has 0 radical (unpaired) electrons. The lowest BCUT2D eigenvalue weighted by Gasteiger charge is -2.44. The molecular formula is C19H28O. The minimum atomic E-state index is 0.120. The zero-order valence-electron chi connectivity index (χ0n) is 14.0. The molecule has 0 fully saturated rings. The van der Waals surface area contributed by atoms with Gasteiger partial charge in [0.1, 0.15) is 11.9 Å². The number of hydrogen-bond donors (Lipinski definition) is 0. The maximum Gasteiger partial charge on any atom is 0.127 e. The summed E-state index contributed by atoms with van der Waals surface area (Å²) in [7, 11) is 0. The molecule has 20 heavy (non-hydrogen) atoms. The normalized spacial score (nSPS) is 19.6. The van der Waals surface area contributed by atoms with Crippen LogP contribution in [0.2, 0.25) is 0 Å². The standard InChI is InChI=1S/C19H28O/c1-8-19(6,7)17-16(18(3,4)5)13(2)14-11-9-10-12-15(14)20-17/h9-12,17H,8H2,1-7H3. The first kappa shape index (κ1) is 15.2. The van der Waals surface area contributed by atoms with Crippen molar-refractivity contribution < 1.29 is 4.74 Å². The first-order chi connectivity index (χ1) is 9.18. The van der Waals surface area contributed by atoms with Crippen LogP contribution in [0.3, 0.4) is 0 Å². The van der Waals surface area contributed by atoms with E-state index in [0.29, 0.717) is 0 Å². The molecule has 110 valence electrons. The molecule has 1 unspecified atom stereocenters. The van der Waals surface area contributed by atoms with E-state index in [9.17, 15) is 0 Å². The lowest BCUT2D eigenvalue weighted by Crippen LogP contribution is -2.42. The molecular weight excluding hydrogens is 244 g/mol. The van der Waals surface area contributed by atoms with Gasteiger partial charge >= 0.3 is 0 Å². The number of fused-ring (bicyclic) bond motifs is 1. The van der Waals surface area contributed by atoms with Crippen molar-refractivity contribution in [3.63, 3.8) is 0 Å². The monoisotopic (exact) mass is 272 g/mol. The second kappa shape index (κ2) is 4.95. The van der Waals surface area contributed by atoms with Gasteiger partial charge in [0.15, 0.2) is 0 Å². The molecule has 1 aliphatic heterocycles. The highest BCUT2D eigenvalue weighted by molar-refractivity contribution is 5.75. The Morgan fingerprint density at radius 3 is 2.20 bits per heavy atom. The van der Waals surface area contributed by atoms with E-state index in [-0.39, 0.29) is 16.9 Å². The number of benzene rings is 1. The summed E-state index contributed by atoms with van der Waals surface area (Å²) in [5, 5.41) is 0. The third kappa shape index (κ3) is 2.51. The molecule has 0 amide bonds. The molecule has 1 aromatic rings. The Balaban J connectivity index is 2.65. The van der Waals surface area contributed by atoms with Crippen molar-refractivity contribution in [2.45, 2.75) is 61.0 Å². The fraction of sp³-hybridized carbons (Fsp3) is 0.579. The minimum Gasteiger partial charge on any atom is -0.485 e. The Bertz CT molecular complexity index is 529. The van der Waals surface area contributed by atoms with Crippen LogP contribution in [0.5, 0.6) is 5.75 Å². The maximum atomic E-state index is 6.44.